The normalized spacial score (nSPS) is 51.9. The third kappa shape index (κ3) is 6.06. The molecule has 6 saturated carbocycles. The molecule has 2 bridgehead atoms. The predicted molar refractivity (Wildman–Crippen MR) is 235 cm³/mol. The van der Waals surface area contributed by atoms with Crippen molar-refractivity contribution in [2.45, 2.75) is 184 Å². The summed E-state index contributed by atoms with van der Waals surface area (Å²) in [6, 6.07) is 0. The van der Waals surface area contributed by atoms with Gasteiger partial charge in [-0.3, -0.25) is 4.79 Å². The number of aliphatic hydroxyl groups excluding tert-OH is 3. The van der Waals surface area contributed by atoms with Crippen molar-refractivity contribution in [3.05, 3.63) is 47.3 Å². The number of nitrogens with one attached hydrogen (secondary N) is 2. The molecule has 0 aromatic heterocycles. The molecule has 0 aromatic carbocycles. The standard InChI is InChI=1S/C51H77N3O8/c1-5-8-28-10-14-32-33-9-6-7-21-51(61,46(33)62-37(32)18-11-28)48(4,59)38-20-22-50(60)42-40-29(23-47(38,50)3)12-15-31(30-13-19-39(52)53-26-30)35-17-16-34-41(45(58)43(42)54-25-27(2)55)49(35,40)24-36(56)44(34)57/h12-13,15,19,26-29,31-41,44,46,53-57,59-61H,5-11,14,16-18,20-25,52H2,1-4H3/t27-,28-,29+,31+,32-,33-,34+,35+,36-,37+,38-,39?,40-,41-,44+,46+,47+,48+,49-,50+,51+/m0/s1. The van der Waals surface area contributed by atoms with Gasteiger partial charge in [0.25, 0.3) is 0 Å². The summed E-state index contributed by atoms with van der Waals surface area (Å²) < 4.78 is 7.11. The molecule has 0 aromatic rings. The van der Waals surface area contributed by atoms with Crippen LogP contribution in [0.3, 0.4) is 0 Å². The quantitative estimate of drug-likeness (QED) is 0.151. The molecule has 8 aliphatic carbocycles. The molecule has 1 unspecified atom stereocenters. The molecular weight excluding hydrogens is 783 g/mol. The molecule has 344 valence electrons. The number of carbonyl (C=O) groups excluding carboxylic acids is 1. The number of rotatable bonds is 8. The highest BCUT2D eigenvalue weighted by Crippen LogP contribution is 2.76. The van der Waals surface area contributed by atoms with Gasteiger partial charge in [-0.05, 0) is 154 Å². The minimum absolute atomic E-state index is 0.0766. The third-order valence-corrected chi connectivity index (χ3v) is 20.1. The van der Waals surface area contributed by atoms with E-state index < -0.39 is 69.8 Å². The van der Waals surface area contributed by atoms with Crippen LogP contribution in [0.25, 0.3) is 0 Å². The van der Waals surface area contributed by atoms with Crippen molar-refractivity contribution in [2.24, 2.45) is 75.7 Å². The molecular formula is C51H77N3O8. The lowest BCUT2D eigenvalue weighted by Gasteiger charge is -2.69. The lowest BCUT2D eigenvalue weighted by molar-refractivity contribution is -0.256. The zero-order valence-electron chi connectivity index (χ0n) is 37.7. The summed E-state index contributed by atoms with van der Waals surface area (Å²) >= 11 is 0. The van der Waals surface area contributed by atoms with Crippen LogP contribution in [-0.4, -0.2) is 96.5 Å². The van der Waals surface area contributed by atoms with Crippen molar-refractivity contribution in [2.75, 3.05) is 6.54 Å². The lowest BCUT2D eigenvalue weighted by Crippen LogP contribution is -2.72. The Morgan fingerprint density at radius 3 is 2.48 bits per heavy atom. The smallest absolute Gasteiger partial charge is 0.182 e. The number of dihydropyridines is 1. The summed E-state index contributed by atoms with van der Waals surface area (Å²) in [4.78, 5) is 15.7. The summed E-state index contributed by atoms with van der Waals surface area (Å²) in [5, 5.41) is 82.0. The maximum Gasteiger partial charge on any atom is 0.182 e. The van der Waals surface area contributed by atoms with Gasteiger partial charge in [0, 0.05) is 30.0 Å². The maximum absolute atomic E-state index is 15.7. The summed E-state index contributed by atoms with van der Waals surface area (Å²) in [6.07, 6.45) is 19.9. The molecule has 7 fully saturated rings. The Bertz CT molecular complexity index is 1900. The van der Waals surface area contributed by atoms with E-state index in [1.807, 2.05) is 19.2 Å². The Morgan fingerprint density at radius 1 is 0.968 bits per heavy atom. The molecule has 0 radical (unpaired) electrons. The van der Waals surface area contributed by atoms with Crippen LogP contribution in [0.2, 0.25) is 0 Å². The molecule has 2 aliphatic heterocycles. The van der Waals surface area contributed by atoms with Crippen LogP contribution in [0.15, 0.2) is 47.3 Å². The number of carbonyl (C=O) groups is 1. The molecule has 21 atom stereocenters. The average molecular weight is 860 g/mol. The first-order valence-corrected chi connectivity index (χ1v) is 25.0. The maximum atomic E-state index is 15.7. The number of fused-ring (bicyclic) bond motifs is 5. The Balaban J connectivity index is 1.10. The van der Waals surface area contributed by atoms with Crippen molar-refractivity contribution in [1.82, 2.24) is 10.6 Å². The second kappa shape index (κ2) is 15.5. The molecule has 11 heteroatoms. The van der Waals surface area contributed by atoms with Crippen LogP contribution in [0.4, 0.5) is 0 Å². The van der Waals surface area contributed by atoms with Gasteiger partial charge in [-0.2, -0.15) is 0 Å². The first kappa shape index (κ1) is 43.8. The fraction of sp³-hybridized carbons (Fsp3) is 0.824. The zero-order chi connectivity index (χ0) is 43.7. The Hall–Kier alpha value is -2.09. The third-order valence-electron chi connectivity index (χ3n) is 20.1. The fourth-order valence-electron chi connectivity index (χ4n) is 17.6. The molecule has 1 spiro atoms. The number of hydrogen-bond acceptors (Lipinski definition) is 11. The SMILES string of the molecule is CCC[C@H]1CC[C@H]2[C@@H]3CCCC[C@](O)([C@](C)(O)[C@H]4CC[C@@]5(O)C6=C(NC[C@H](C)O)C(=O)[C@@H]7[C@H]8CC[C@@H]9[C@@H](C%10=CNC(N)C=C%10)C=C[C@H](C[C@]45C)[C@@H]6[C@]97C[C@H](O)[C@@H]8O)[C@@H]3O[C@@H]2CC1. The molecule has 1 saturated heterocycles. The number of ether oxygens (including phenoxy) is 1. The number of allylic oxidation sites excluding steroid dienone is 5. The van der Waals surface area contributed by atoms with Gasteiger partial charge in [-0.1, -0.05) is 64.2 Å². The van der Waals surface area contributed by atoms with Gasteiger partial charge in [0.05, 0.1) is 53.6 Å². The highest BCUT2D eigenvalue weighted by molar-refractivity contribution is 6.00. The Morgan fingerprint density at radius 2 is 1.74 bits per heavy atom. The van der Waals surface area contributed by atoms with E-state index in [0.29, 0.717) is 49.3 Å². The van der Waals surface area contributed by atoms with E-state index in [2.05, 4.69) is 42.7 Å². The average Bonchev–Trinajstić information content (AvgIpc) is 3.49. The molecule has 62 heavy (non-hydrogen) atoms. The van der Waals surface area contributed by atoms with Crippen LogP contribution in [0.1, 0.15) is 130 Å². The van der Waals surface area contributed by atoms with Crippen molar-refractivity contribution in [3.8, 4) is 0 Å². The minimum Gasteiger partial charge on any atom is -0.392 e. The molecule has 11 nitrogen and oxygen atoms in total. The van der Waals surface area contributed by atoms with Gasteiger partial charge in [0.2, 0.25) is 0 Å². The second-order valence-electron chi connectivity index (χ2n) is 23.0. The first-order chi connectivity index (χ1) is 29.5. The van der Waals surface area contributed by atoms with E-state index in [0.717, 1.165) is 56.4 Å². The number of ketones is 1. The van der Waals surface area contributed by atoms with Crippen molar-refractivity contribution in [1.29, 1.82) is 0 Å². The lowest BCUT2D eigenvalue weighted by atomic mass is 9.36. The summed E-state index contributed by atoms with van der Waals surface area (Å²) in [5.41, 5.74) is 1.77. The second-order valence-corrected chi connectivity index (χ2v) is 23.0. The van der Waals surface area contributed by atoms with E-state index in [4.69, 9.17) is 10.5 Å². The van der Waals surface area contributed by atoms with Crippen LogP contribution in [0.5, 0.6) is 0 Å². The highest BCUT2D eigenvalue weighted by Gasteiger charge is 2.77. The van der Waals surface area contributed by atoms with E-state index in [1.165, 1.54) is 19.3 Å². The van der Waals surface area contributed by atoms with Crippen LogP contribution >= 0.6 is 0 Å². The first-order valence-electron chi connectivity index (χ1n) is 25.0. The predicted octanol–water partition coefficient (Wildman–Crippen LogP) is 4.89. The Kier molecular flexibility index (Phi) is 10.9. The van der Waals surface area contributed by atoms with Gasteiger partial charge >= 0.3 is 0 Å². The number of hydrogen-bond donors (Lipinski definition) is 9. The molecule has 0 amide bonds. The van der Waals surface area contributed by atoms with E-state index in [9.17, 15) is 30.6 Å². The van der Waals surface area contributed by atoms with E-state index in [1.54, 1.807) is 6.92 Å². The minimum atomic E-state index is -1.64. The van der Waals surface area contributed by atoms with Crippen LogP contribution < -0.4 is 16.4 Å². The number of aliphatic hydroxyl groups is 6. The van der Waals surface area contributed by atoms with Gasteiger partial charge in [0.15, 0.2) is 5.78 Å². The fourth-order valence-corrected chi connectivity index (χ4v) is 17.6. The van der Waals surface area contributed by atoms with E-state index >= 15 is 4.79 Å². The topological polar surface area (TPSA) is 198 Å². The molecule has 10 rings (SSSR count). The van der Waals surface area contributed by atoms with Gasteiger partial charge < -0.3 is 51.7 Å². The largest absolute Gasteiger partial charge is 0.392 e. The monoisotopic (exact) mass is 860 g/mol. The zero-order valence-corrected chi connectivity index (χ0v) is 37.7. The molecule has 2 heterocycles. The highest BCUT2D eigenvalue weighted by atomic mass is 16.5. The van der Waals surface area contributed by atoms with Crippen molar-refractivity contribution in [3.63, 3.8) is 0 Å². The molecule has 10 N–H and O–H groups in total. The van der Waals surface area contributed by atoms with Gasteiger partial charge in [0.1, 0.15) is 5.60 Å². The van der Waals surface area contributed by atoms with E-state index in [-0.39, 0.29) is 60.6 Å². The molecule has 10 aliphatic rings. The van der Waals surface area contributed by atoms with Crippen molar-refractivity contribution < 1.29 is 40.2 Å². The number of nitrogens with two attached hydrogens (primary N) is 1. The van der Waals surface area contributed by atoms with Gasteiger partial charge in [-0.25, -0.2) is 0 Å². The van der Waals surface area contributed by atoms with Gasteiger partial charge in [-0.15, -0.1) is 0 Å². The summed E-state index contributed by atoms with van der Waals surface area (Å²) in [6.45, 7) is 7.99. The summed E-state index contributed by atoms with van der Waals surface area (Å²) in [7, 11) is 0. The van der Waals surface area contributed by atoms with Crippen LogP contribution in [-0.2, 0) is 9.53 Å². The van der Waals surface area contributed by atoms with Crippen molar-refractivity contribution >= 4 is 5.78 Å². The van der Waals surface area contributed by atoms with Crippen LogP contribution in [0, 0.1) is 70.0 Å². The number of Topliss-reactive ketones (excluding diaryl/α,β-unsaturated/α-hetero) is 1. The Labute approximate surface area is 369 Å². The summed E-state index contributed by atoms with van der Waals surface area (Å²) in [5.74, 6) is -1.24.